The molecule has 21 heavy (non-hydrogen) atoms. The van der Waals surface area contributed by atoms with Crippen LogP contribution in [0.3, 0.4) is 0 Å². The first kappa shape index (κ1) is 17.6. The molecule has 0 aliphatic heterocycles. The third-order valence-corrected chi connectivity index (χ3v) is 3.40. The lowest BCUT2D eigenvalue weighted by molar-refractivity contribution is -0.142. The van der Waals surface area contributed by atoms with Crippen molar-refractivity contribution in [3.05, 3.63) is 35.4 Å². The van der Waals surface area contributed by atoms with Gasteiger partial charge >= 0.3 is 5.97 Å². The van der Waals surface area contributed by atoms with E-state index in [1.807, 2.05) is 20.8 Å². The molecule has 1 aromatic rings. The maximum atomic E-state index is 13.1. The zero-order valence-electron chi connectivity index (χ0n) is 12.7. The predicted molar refractivity (Wildman–Crippen MR) is 78.2 cm³/mol. The molecule has 118 valence electrons. The van der Waals surface area contributed by atoms with Gasteiger partial charge in [0.05, 0.1) is 5.92 Å². The van der Waals surface area contributed by atoms with Gasteiger partial charge in [-0.2, -0.15) is 0 Å². The fourth-order valence-corrected chi connectivity index (χ4v) is 2.29. The lowest BCUT2D eigenvalue weighted by Gasteiger charge is -2.18. The van der Waals surface area contributed by atoms with Crippen LogP contribution >= 0.6 is 0 Å². The number of halogens is 2. The molecule has 2 atom stereocenters. The average Bonchev–Trinajstić information content (AvgIpc) is 2.35. The standard InChI is InChI=1S/C16H23F2NO2/c1-10(2)4-13(16(20)21)9-19-8-11(3)12-5-14(17)7-15(18)6-12/h5-7,10-11,13,19H,4,8-9H2,1-3H3,(H,20,21). The van der Waals surface area contributed by atoms with Gasteiger partial charge in [-0.25, -0.2) is 8.78 Å². The molecule has 0 aliphatic rings. The van der Waals surface area contributed by atoms with Crippen molar-refractivity contribution >= 4 is 5.97 Å². The Hall–Kier alpha value is -1.49. The number of rotatable bonds is 8. The van der Waals surface area contributed by atoms with E-state index in [9.17, 15) is 13.6 Å². The van der Waals surface area contributed by atoms with E-state index < -0.39 is 23.5 Å². The molecule has 5 heteroatoms. The van der Waals surface area contributed by atoms with Crippen LogP contribution in [0.1, 0.15) is 38.7 Å². The summed E-state index contributed by atoms with van der Waals surface area (Å²) in [5.41, 5.74) is 0.565. The normalized spacial score (nSPS) is 14.2. The molecule has 0 saturated heterocycles. The highest BCUT2D eigenvalue weighted by atomic mass is 19.1. The average molecular weight is 299 g/mol. The lowest BCUT2D eigenvalue weighted by atomic mass is 9.96. The number of carboxylic acids is 1. The van der Waals surface area contributed by atoms with E-state index in [1.54, 1.807) is 0 Å². The van der Waals surface area contributed by atoms with Crippen molar-refractivity contribution in [2.75, 3.05) is 13.1 Å². The maximum Gasteiger partial charge on any atom is 0.307 e. The van der Waals surface area contributed by atoms with Crippen LogP contribution in [0.2, 0.25) is 0 Å². The van der Waals surface area contributed by atoms with Crippen LogP contribution in [-0.4, -0.2) is 24.2 Å². The van der Waals surface area contributed by atoms with Gasteiger partial charge in [0, 0.05) is 19.2 Å². The molecule has 0 amide bonds. The van der Waals surface area contributed by atoms with E-state index in [0.717, 1.165) is 6.07 Å². The first-order chi connectivity index (χ1) is 9.79. The van der Waals surface area contributed by atoms with Crippen LogP contribution in [0.15, 0.2) is 18.2 Å². The zero-order valence-corrected chi connectivity index (χ0v) is 12.7. The summed E-state index contributed by atoms with van der Waals surface area (Å²) in [7, 11) is 0. The van der Waals surface area contributed by atoms with Crippen molar-refractivity contribution in [2.24, 2.45) is 11.8 Å². The van der Waals surface area contributed by atoms with Crippen LogP contribution in [0.4, 0.5) is 8.78 Å². The largest absolute Gasteiger partial charge is 0.481 e. The van der Waals surface area contributed by atoms with Crippen molar-refractivity contribution in [2.45, 2.75) is 33.1 Å². The molecule has 3 nitrogen and oxygen atoms in total. The first-order valence-electron chi connectivity index (χ1n) is 7.19. The third kappa shape index (κ3) is 6.21. The Labute approximate surface area is 124 Å². The summed E-state index contributed by atoms with van der Waals surface area (Å²) in [5.74, 6) is -2.24. The highest BCUT2D eigenvalue weighted by molar-refractivity contribution is 5.70. The van der Waals surface area contributed by atoms with Gasteiger partial charge in [0.25, 0.3) is 0 Å². The third-order valence-electron chi connectivity index (χ3n) is 3.40. The van der Waals surface area contributed by atoms with E-state index in [-0.39, 0.29) is 5.92 Å². The summed E-state index contributed by atoms with van der Waals surface area (Å²) in [6.07, 6.45) is 0.602. The minimum absolute atomic E-state index is 0.0938. The Morgan fingerprint density at radius 2 is 1.71 bits per heavy atom. The molecule has 0 aliphatic carbocycles. The molecule has 1 rings (SSSR count). The van der Waals surface area contributed by atoms with Gasteiger partial charge in [0.15, 0.2) is 0 Å². The molecule has 0 bridgehead atoms. The molecule has 0 spiro atoms. The van der Waals surface area contributed by atoms with Crippen molar-refractivity contribution in [3.8, 4) is 0 Å². The molecular weight excluding hydrogens is 276 g/mol. The quantitative estimate of drug-likeness (QED) is 0.773. The topological polar surface area (TPSA) is 49.3 Å². The van der Waals surface area contributed by atoms with Crippen molar-refractivity contribution in [3.63, 3.8) is 0 Å². The Bertz CT molecular complexity index is 457. The molecule has 2 N–H and O–H groups in total. The highest BCUT2D eigenvalue weighted by Gasteiger charge is 2.19. The smallest absolute Gasteiger partial charge is 0.307 e. The summed E-state index contributed by atoms with van der Waals surface area (Å²) < 4.78 is 26.3. The van der Waals surface area contributed by atoms with E-state index in [2.05, 4.69) is 5.32 Å². The monoisotopic (exact) mass is 299 g/mol. The maximum absolute atomic E-state index is 13.1. The number of hydrogen-bond acceptors (Lipinski definition) is 2. The molecule has 0 radical (unpaired) electrons. The zero-order chi connectivity index (χ0) is 16.0. The summed E-state index contributed by atoms with van der Waals surface area (Å²) >= 11 is 0. The number of carboxylic acid groups (broad SMARTS) is 1. The summed E-state index contributed by atoms with van der Waals surface area (Å²) in [4.78, 5) is 11.1. The number of nitrogens with one attached hydrogen (secondary N) is 1. The Balaban J connectivity index is 2.52. The second-order valence-corrected chi connectivity index (χ2v) is 5.93. The summed E-state index contributed by atoms with van der Waals surface area (Å²) in [5, 5.41) is 12.2. The molecule has 0 fully saturated rings. The minimum atomic E-state index is -0.819. The molecule has 1 aromatic carbocycles. The number of benzene rings is 1. The van der Waals surface area contributed by atoms with Gasteiger partial charge in [0.2, 0.25) is 0 Å². The molecule has 2 unspecified atom stereocenters. The molecule has 0 heterocycles. The van der Waals surface area contributed by atoms with Crippen LogP contribution in [0, 0.1) is 23.5 Å². The molecular formula is C16H23F2NO2. The number of aliphatic carboxylic acids is 1. The summed E-state index contributed by atoms with van der Waals surface area (Å²) in [6, 6.07) is 3.45. The first-order valence-corrected chi connectivity index (χ1v) is 7.19. The minimum Gasteiger partial charge on any atom is -0.481 e. The van der Waals surface area contributed by atoms with Gasteiger partial charge < -0.3 is 10.4 Å². The highest BCUT2D eigenvalue weighted by Crippen LogP contribution is 2.18. The fourth-order valence-electron chi connectivity index (χ4n) is 2.29. The summed E-state index contributed by atoms with van der Waals surface area (Å²) in [6.45, 7) is 6.64. The SMILES string of the molecule is CC(C)CC(CNCC(C)c1cc(F)cc(F)c1)C(=O)O. The molecule has 0 aromatic heterocycles. The second-order valence-electron chi connectivity index (χ2n) is 5.93. The van der Waals surface area contributed by atoms with Crippen LogP contribution in [0.25, 0.3) is 0 Å². The Kier molecular flexibility index (Phi) is 6.75. The second kappa shape index (κ2) is 8.08. The van der Waals surface area contributed by atoms with Gasteiger partial charge in [-0.1, -0.05) is 20.8 Å². The number of carbonyl (C=O) groups is 1. The van der Waals surface area contributed by atoms with Gasteiger partial charge in [-0.15, -0.1) is 0 Å². The van der Waals surface area contributed by atoms with Gasteiger partial charge in [0.1, 0.15) is 11.6 Å². The fraction of sp³-hybridized carbons (Fsp3) is 0.562. The number of hydrogen-bond donors (Lipinski definition) is 2. The van der Waals surface area contributed by atoms with Crippen LogP contribution < -0.4 is 5.32 Å². The van der Waals surface area contributed by atoms with Crippen LogP contribution in [-0.2, 0) is 4.79 Å². The predicted octanol–water partition coefficient (Wildman–Crippen LogP) is 3.40. The van der Waals surface area contributed by atoms with Crippen molar-refractivity contribution < 1.29 is 18.7 Å². The lowest BCUT2D eigenvalue weighted by Crippen LogP contribution is -2.31. The van der Waals surface area contributed by atoms with Crippen molar-refractivity contribution in [1.29, 1.82) is 0 Å². The van der Waals surface area contributed by atoms with E-state index in [4.69, 9.17) is 5.11 Å². The van der Waals surface area contributed by atoms with Crippen molar-refractivity contribution in [1.82, 2.24) is 5.32 Å². The van der Waals surface area contributed by atoms with E-state index in [0.29, 0.717) is 31.0 Å². The Morgan fingerprint density at radius 1 is 1.14 bits per heavy atom. The van der Waals surface area contributed by atoms with Gasteiger partial charge in [-0.3, -0.25) is 4.79 Å². The van der Waals surface area contributed by atoms with Gasteiger partial charge in [-0.05, 0) is 36.0 Å². The van der Waals surface area contributed by atoms with E-state index in [1.165, 1.54) is 12.1 Å². The van der Waals surface area contributed by atoms with E-state index >= 15 is 0 Å². The van der Waals surface area contributed by atoms with Crippen LogP contribution in [0.5, 0.6) is 0 Å². The Morgan fingerprint density at radius 3 is 2.19 bits per heavy atom. The molecule has 0 saturated carbocycles.